The van der Waals surface area contributed by atoms with Crippen LogP contribution in [0.5, 0.6) is 0 Å². The maximum absolute atomic E-state index is 11.2. The van der Waals surface area contributed by atoms with Gasteiger partial charge in [-0.2, -0.15) is 0 Å². The number of hydrogen-bond acceptors (Lipinski definition) is 3. The molecule has 66 valence electrons. The van der Waals surface area contributed by atoms with Gasteiger partial charge in [-0.15, -0.1) is 0 Å². The summed E-state index contributed by atoms with van der Waals surface area (Å²) in [6, 6.07) is 1.64. The zero-order valence-corrected chi connectivity index (χ0v) is 6.96. The van der Waals surface area contributed by atoms with Crippen LogP contribution >= 0.6 is 0 Å². The van der Waals surface area contributed by atoms with Gasteiger partial charge in [-0.25, -0.2) is 0 Å². The van der Waals surface area contributed by atoms with Crippen molar-refractivity contribution in [1.29, 1.82) is 0 Å². The van der Waals surface area contributed by atoms with Gasteiger partial charge >= 0.3 is 0 Å². The van der Waals surface area contributed by atoms with E-state index in [0.29, 0.717) is 24.4 Å². The molecule has 0 bridgehead atoms. The van der Waals surface area contributed by atoms with Gasteiger partial charge in [0.05, 0.1) is 12.1 Å². The second-order valence-corrected chi connectivity index (χ2v) is 2.37. The third kappa shape index (κ3) is 1.85. The first-order valence-electron chi connectivity index (χ1n) is 3.83. The molecule has 0 aliphatic rings. The highest BCUT2D eigenvalue weighted by molar-refractivity contribution is 5.93. The molecular weight excluding hydrogens is 156 g/mol. The first-order valence-corrected chi connectivity index (χ1v) is 3.83. The van der Waals surface area contributed by atoms with Crippen LogP contribution < -0.4 is 11.1 Å². The number of furan rings is 1. The van der Waals surface area contributed by atoms with Crippen LogP contribution in [0.2, 0.25) is 0 Å². The number of rotatable bonds is 3. The van der Waals surface area contributed by atoms with Gasteiger partial charge in [0.2, 0.25) is 0 Å². The average Bonchev–Trinajstić information content (AvgIpc) is 2.52. The Morgan fingerprint density at radius 1 is 1.75 bits per heavy atom. The molecule has 4 heteroatoms. The molecular formula is C8H12N2O2. The molecule has 0 saturated heterocycles. The maximum Gasteiger partial charge on any atom is 0.254 e. The predicted octanol–water partition coefficient (Wildman–Crippen LogP) is 0.488. The fourth-order valence-electron chi connectivity index (χ4n) is 0.869. The van der Waals surface area contributed by atoms with Gasteiger partial charge in [-0.1, -0.05) is 0 Å². The third-order valence-corrected chi connectivity index (χ3v) is 1.45. The summed E-state index contributed by atoms with van der Waals surface area (Å²) in [5, 5.41) is 2.66. The Labute approximate surface area is 70.7 Å². The topological polar surface area (TPSA) is 68.3 Å². The SMILES string of the molecule is CCNC(=O)c1coc(CN)c1. The van der Waals surface area contributed by atoms with Gasteiger partial charge in [-0.3, -0.25) is 4.79 Å². The summed E-state index contributed by atoms with van der Waals surface area (Å²) in [6.07, 6.45) is 1.41. The molecule has 0 aliphatic carbocycles. The third-order valence-electron chi connectivity index (χ3n) is 1.45. The van der Waals surface area contributed by atoms with Crippen molar-refractivity contribution in [2.75, 3.05) is 6.54 Å². The lowest BCUT2D eigenvalue weighted by Gasteiger charge is -1.95. The van der Waals surface area contributed by atoms with Crippen LogP contribution in [-0.4, -0.2) is 12.5 Å². The molecule has 1 aromatic heterocycles. The Bertz CT molecular complexity index is 268. The largest absolute Gasteiger partial charge is 0.467 e. The van der Waals surface area contributed by atoms with Crippen molar-refractivity contribution >= 4 is 5.91 Å². The molecule has 4 nitrogen and oxygen atoms in total. The van der Waals surface area contributed by atoms with Crippen molar-refractivity contribution in [1.82, 2.24) is 5.32 Å². The van der Waals surface area contributed by atoms with Crippen LogP contribution in [0.15, 0.2) is 16.7 Å². The van der Waals surface area contributed by atoms with Crippen molar-refractivity contribution < 1.29 is 9.21 Å². The van der Waals surface area contributed by atoms with Gasteiger partial charge in [0.25, 0.3) is 5.91 Å². The second kappa shape index (κ2) is 3.92. The zero-order valence-electron chi connectivity index (χ0n) is 6.96. The van der Waals surface area contributed by atoms with Crippen molar-refractivity contribution in [3.63, 3.8) is 0 Å². The molecule has 1 rings (SSSR count). The van der Waals surface area contributed by atoms with Crippen LogP contribution in [0.3, 0.4) is 0 Å². The highest BCUT2D eigenvalue weighted by Crippen LogP contribution is 2.06. The van der Waals surface area contributed by atoms with E-state index in [0.717, 1.165) is 0 Å². The summed E-state index contributed by atoms with van der Waals surface area (Å²) >= 11 is 0. The number of nitrogens with one attached hydrogen (secondary N) is 1. The Balaban J connectivity index is 2.68. The standard InChI is InChI=1S/C8H12N2O2/c1-2-10-8(11)6-3-7(4-9)12-5-6/h3,5H,2,4,9H2,1H3,(H,10,11). The summed E-state index contributed by atoms with van der Waals surface area (Å²) in [5.74, 6) is 0.497. The van der Waals surface area contributed by atoms with Crippen molar-refractivity contribution in [2.45, 2.75) is 13.5 Å². The maximum atomic E-state index is 11.2. The number of hydrogen-bond donors (Lipinski definition) is 2. The van der Waals surface area contributed by atoms with E-state index >= 15 is 0 Å². The molecule has 0 fully saturated rings. The highest BCUT2D eigenvalue weighted by Gasteiger charge is 2.07. The summed E-state index contributed by atoms with van der Waals surface area (Å²) < 4.78 is 5.00. The molecule has 0 radical (unpaired) electrons. The van der Waals surface area contributed by atoms with E-state index in [4.69, 9.17) is 10.2 Å². The van der Waals surface area contributed by atoms with Gasteiger partial charge in [-0.05, 0) is 13.0 Å². The second-order valence-electron chi connectivity index (χ2n) is 2.37. The van der Waals surface area contributed by atoms with Crippen molar-refractivity contribution in [3.8, 4) is 0 Å². The molecule has 0 aromatic carbocycles. The molecule has 0 aliphatic heterocycles. The summed E-state index contributed by atoms with van der Waals surface area (Å²) in [4.78, 5) is 11.2. The monoisotopic (exact) mass is 168 g/mol. The quantitative estimate of drug-likeness (QED) is 0.690. The van der Waals surface area contributed by atoms with Crippen LogP contribution in [0, 0.1) is 0 Å². The van der Waals surface area contributed by atoms with Gasteiger partial charge in [0.1, 0.15) is 12.0 Å². The fourth-order valence-corrected chi connectivity index (χ4v) is 0.869. The Kier molecular flexibility index (Phi) is 2.88. The van der Waals surface area contributed by atoms with E-state index in [1.54, 1.807) is 6.07 Å². The van der Waals surface area contributed by atoms with E-state index in [-0.39, 0.29) is 5.91 Å². The molecule has 1 amide bonds. The highest BCUT2D eigenvalue weighted by atomic mass is 16.3. The van der Waals surface area contributed by atoms with Gasteiger partial charge in [0.15, 0.2) is 0 Å². The lowest BCUT2D eigenvalue weighted by Crippen LogP contribution is -2.21. The molecule has 0 saturated carbocycles. The summed E-state index contributed by atoms with van der Waals surface area (Å²) in [6.45, 7) is 2.79. The number of nitrogens with two attached hydrogens (primary N) is 1. The first-order chi connectivity index (χ1) is 5.77. The van der Waals surface area contributed by atoms with Crippen LogP contribution in [-0.2, 0) is 6.54 Å². The molecule has 0 unspecified atom stereocenters. The number of amides is 1. The smallest absolute Gasteiger partial charge is 0.254 e. The zero-order chi connectivity index (χ0) is 8.97. The molecule has 1 aromatic rings. The molecule has 1 heterocycles. The minimum atomic E-state index is -0.124. The van der Waals surface area contributed by atoms with Crippen molar-refractivity contribution in [2.24, 2.45) is 5.73 Å². The Morgan fingerprint density at radius 2 is 2.50 bits per heavy atom. The van der Waals surface area contributed by atoms with Crippen LogP contribution in [0.25, 0.3) is 0 Å². The van der Waals surface area contributed by atoms with Crippen LogP contribution in [0.4, 0.5) is 0 Å². The lowest BCUT2D eigenvalue weighted by molar-refractivity contribution is 0.0955. The molecule has 12 heavy (non-hydrogen) atoms. The van der Waals surface area contributed by atoms with E-state index in [1.165, 1.54) is 6.26 Å². The van der Waals surface area contributed by atoms with E-state index in [2.05, 4.69) is 5.32 Å². The number of carbonyl (C=O) groups excluding carboxylic acids is 1. The van der Waals surface area contributed by atoms with E-state index in [9.17, 15) is 4.79 Å². The predicted molar refractivity (Wildman–Crippen MR) is 44.6 cm³/mol. The molecule has 3 N–H and O–H groups in total. The van der Waals surface area contributed by atoms with Crippen molar-refractivity contribution in [3.05, 3.63) is 23.7 Å². The summed E-state index contributed by atoms with van der Waals surface area (Å²) in [5.41, 5.74) is 5.84. The molecule has 0 spiro atoms. The normalized spacial score (nSPS) is 9.83. The van der Waals surface area contributed by atoms with E-state index in [1.807, 2.05) is 6.92 Å². The minimum Gasteiger partial charge on any atom is -0.467 e. The van der Waals surface area contributed by atoms with Gasteiger partial charge in [0, 0.05) is 6.54 Å². The Morgan fingerprint density at radius 3 is 3.00 bits per heavy atom. The van der Waals surface area contributed by atoms with E-state index < -0.39 is 0 Å². The average molecular weight is 168 g/mol. The minimum absolute atomic E-state index is 0.124. The fraction of sp³-hybridized carbons (Fsp3) is 0.375. The lowest BCUT2D eigenvalue weighted by atomic mass is 10.3. The van der Waals surface area contributed by atoms with Gasteiger partial charge < -0.3 is 15.5 Å². The first kappa shape index (κ1) is 8.80. The van der Waals surface area contributed by atoms with Crippen LogP contribution in [0.1, 0.15) is 23.0 Å². The molecule has 0 atom stereocenters. The Hall–Kier alpha value is -1.29. The number of carbonyl (C=O) groups is 1. The summed E-state index contributed by atoms with van der Waals surface area (Å²) in [7, 11) is 0.